The molecular weight excluding hydrogens is 224 g/mol. The molecule has 0 aliphatic heterocycles. The Hall–Kier alpha value is -1.57. The van der Waals surface area contributed by atoms with E-state index < -0.39 is 0 Å². The first kappa shape index (κ1) is 18.8. The van der Waals surface area contributed by atoms with Gasteiger partial charge in [0.25, 0.3) is 0 Å². The molecule has 0 aliphatic rings. The molecule has 0 unspecified atom stereocenters. The van der Waals surface area contributed by atoms with Crippen LogP contribution in [0.5, 0.6) is 0 Å². The molecule has 0 amide bonds. The van der Waals surface area contributed by atoms with Gasteiger partial charge in [-0.15, -0.1) is 0 Å². The van der Waals surface area contributed by atoms with Gasteiger partial charge in [0.05, 0.1) is 0 Å². The summed E-state index contributed by atoms with van der Waals surface area (Å²) in [6.07, 6.45) is 7.63. The number of hydrogen-bond donors (Lipinski definition) is 0. The molecule has 2 heteroatoms. The van der Waals surface area contributed by atoms with Crippen LogP contribution in [0.3, 0.4) is 0 Å². The van der Waals surface area contributed by atoms with Crippen LogP contribution >= 0.6 is 0 Å². The van der Waals surface area contributed by atoms with Gasteiger partial charge < -0.3 is 4.42 Å². The van der Waals surface area contributed by atoms with Gasteiger partial charge in [-0.05, 0) is 25.5 Å². The van der Waals surface area contributed by atoms with E-state index in [0.29, 0.717) is 12.0 Å². The highest BCUT2D eigenvalue weighted by atomic mass is 16.3. The summed E-state index contributed by atoms with van der Waals surface area (Å²) in [5.41, 5.74) is 1.02. The molecule has 0 saturated heterocycles. The van der Waals surface area contributed by atoms with E-state index in [-0.39, 0.29) is 0 Å². The SMILES string of the molecule is C/C=C\C(=C/CC)c1ccc(C=O)o1.CC.CC. The van der Waals surface area contributed by atoms with Crippen LogP contribution in [0.2, 0.25) is 0 Å². The molecule has 0 atom stereocenters. The molecule has 18 heavy (non-hydrogen) atoms. The summed E-state index contributed by atoms with van der Waals surface area (Å²) in [5.74, 6) is 1.11. The third-order valence-electron chi connectivity index (χ3n) is 1.80. The van der Waals surface area contributed by atoms with E-state index in [1.54, 1.807) is 6.07 Å². The Morgan fingerprint density at radius 2 is 1.83 bits per heavy atom. The van der Waals surface area contributed by atoms with Crippen LogP contribution in [0.25, 0.3) is 5.57 Å². The lowest BCUT2D eigenvalue weighted by Gasteiger charge is -1.96. The van der Waals surface area contributed by atoms with Crippen molar-refractivity contribution in [3.63, 3.8) is 0 Å². The van der Waals surface area contributed by atoms with Gasteiger partial charge in [0, 0.05) is 5.57 Å². The first-order valence-electron chi connectivity index (χ1n) is 6.70. The van der Waals surface area contributed by atoms with Crippen molar-refractivity contribution in [3.8, 4) is 0 Å². The van der Waals surface area contributed by atoms with Crippen molar-refractivity contribution in [1.29, 1.82) is 0 Å². The third kappa shape index (κ3) is 6.89. The lowest BCUT2D eigenvalue weighted by atomic mass is 10.1. The standard InChI is InChI=1S/C12H14O2.2C2H6/c1-3-5-10(6-4-2)12-8-7-11(9-13)14-12;2*1-2/h3,5-9H,4H2,1-2H3;2*1-2H3/b5-3-,10-6+;;. The summed E-state index contributed by atoms with van der Waals surface area (Å²) in [5, 5.41) is 0. The second kappa shape index (κ2) is 13.5. The number of aldehydes is 1. The van der Waals surface area contributed by atoms with E-state index in [4.69, 9.17) is 4.42 Å². The van der Waals surface area contributed by atoms with Gasteiger partial charge in [-0.2, -0.15) is 0 Å². The van der Waals surface area contributed by atoms with Crippen LogP contribution in [0.15, 0.2) is 34.8 Å². The molecule has 0 aliphatic carbocycles. The maximum atomic E-state index is 10.4. The zero-order valence-electron chi connectivity index (χ0n) is 12.5. The molecule has 1 rings (SSSR count). The predicted octanol–water partition coefficient (Wildman–Crippen LogP) is 5.51. The van der Waals surface area contributed by atoms with Gasteiger partial charge in [0.2, 0.25) is 0 Å². The fourth-order valence-electron chi connectivity index (χ4n) is 1.22. The number of carbonyl (C=O) groups is 1. The van der Waals surface area contributed by atoms with Gasteiger partial charge in [0.15, 0.2) is 12.0 Å². The summed E-state index contributed by atoms with van der Waals surface area (Å²) in [6.45, 7) is 12.0. The zero-order valence-corrected chi connectivity index (χ0v) is 12.5. The average molecular weight is 250 g/mol. The molecule has 1 aromatic rings. The average Bonchev–Trinajstić information content (AvgIpc) is 2.92. The first-order chi connectivity index (χ1) is 8.81. The summed E-state index contributed by atoms with van der Waals surface area (Å²) < 4.78 is 5.31. The number of furan rings is 1. The van der Waals surface area contributed by atoms with Gasteiger partial charge in [-0.25, -0.2) is 0 Å². The van der Waals surface area contributed by atoms with E-state index in [2.05, 4.69) is 13.0 Å². The second-order valence-electron chi connectivity index (χ2n) is 2.89. The molecule has 0 spiro atoms. The summed E-state index contributed by atoms with van der Waals surface area (Å²) >= 11 is 0. The summed E-state index contributed by atoms with van der Waals surface area (Å²) in [7, 11) is 0. The lowest BCUT2D eigenvalue weighted by Crippen LogP contribution is -1.76. The fourth-order valence-corrected chi connectivity index (χ4v) is 1.22. The van der Waals surface area contributed by atoms with Crippen molar-refractivity contribution in [2.24, 2.45) is 0 Å². The molecule has 0 N–H and O–H groups in total. The van der Waals surface area contributed by atoms with E-state index in [0.717, 1.165) is 17.8 Å². The number of rotatable bonds is 4. The highest BCUT2D eigenvalue weighted by Gasteiger charge is 2.03. The highest BCUT2D eigenvalue weighted by Crippen LogP contribution is 2.18. The van der Waals surface area contributed by atoms with Crippen molar-refractivity contribution in [2.45, 2.75) is 48.0 Å². The number of carbonyl (C=O) groups excluding carboxylic acids is 1. The van der Waals surface area contributed by atoms with E-state index in [9.17, 15) is 4.79 Å². The maximum Gasteiger partial charge on any atom is 0.185 e. The topological polar surface area (TPSA) is 30.2 Å². The zero-order chi connectivity index (χ0) is 14.4. The minimum atomic E-state index is 0.367. The Balaban J connectivity index is 0. The predicted molar refractivity (Wildman–Crippen MR) is 79.9 cm³/mol. The molecule has 2 nitrogen and oxygen atoms in total. The van der Waals surface area contributed by atoms with E-state index in [1.165, 1.54) is 0 Å². The van der Waals surface area contributed by atoms with Crippen LogP contribution in [-0.4, -0.2) is 6.29 Å². The molecule has 0 saturated carbocycles. The van der Waals surface area contributed by atoms with E-state index >= 15 is 0 Å². The number of allylic oxidation sites excluding steroid dienone is 4. The van der Waals surface area contributed by atoms with Crippen LogP contribution in [0, 0.1) is 0 Å². The Bertz CT molecular complexity index is 357. The minimum absolute atomic E-state index is 0.367. The normalized spacial score (nSPS) is 10.2. The first-order valence-corrected chi connectivity index (χ1v) is 6.70. The molecule has 102 valence electrons. The van der Waals surface area contributed by atoms with Gasteiger partial charge in [0.1, 0.15) is 5.76 Å². The third-order valence-corrected chi connectivity index (χ3v) is 1.80. The van der Waals surface area contributed by atoms with Crippen LogP contribution < -0.4 is 0 Å². The fraction of sp³-hybridized carbons (Fsp3) is 0.438. The van der Waals surface area contributed by atoms with Gasteiger partial charge in [-0.1, -0.05) is 52.8 Å². The molecule has 1 aromatic heterocycles. The van der Waals surface area contributed by atoms with Crippen molar-refractivity contribution in [2.75, 3.05) is 0 Å². The van der Waals surface area contributed by atoms with Crippen LogP contribution in [0.1, 0.15) is 64.3 Å². The Labute approximate surface area is 111 Å². The largest absolute Gasteiger partial charge is 0.453 e. The maximum absolute atomic E-state index is 10.4. The summed E-state index contributed by atoms with van der Waals surface area (Å²) in [4.78, 5) is 10.4. The number of hydrogen-bond acceptors (Lipinski definition) is 2. The van der Waals surface area contributed by atoms with Crippen molar-refractivity contribution in [1.82, 2.24) is 0 Å². The lowest BCUT2D eigenvalue weighted by molar-refractivity contribution is 0.110. The molecule has 0 radical (unpaired) electrons. The van der Waals surface area contributed by atoms with Crippen molar-refractivity contribution < 1.29 is 9.21 Å². The Morgan fingerprint density at radius 1 is 1.22 bits per heavy atom. The minimum Gasteiger partial charge on any atom is -0.453 e. The van der Waals surface area contributed by atoms with Crippen molar-refractivity contribution in [3.05, 3.63) is 41.9 Å². The van der Waals surface area contributed by atoms with Crippen molar-refractivity contribution >= 4 is 11.9 Å². The molecular formula is C16H26O2. The molecule has 0 fully saturated rings. The van der Waals surface area contributed by atoms with Gasteiger partial charge >= 0.3 is 0 Å². The molecule has 0 bridgehead atoms. The van der Waals surface area contributed by atoms with E-state index in [1.807, 2.05) is 52.8 Å². The quantitative estimate of drug-likeness (QED) is 0.520. The van der Waals surface area contributed by atoms with Crippen LogP contribution in [-0.2, 0) is 0 Å². The van der Waals surface area contributed by atoms with Gasteiger partial charge in [-0.3, -0.25) is 4.79 Å². The highest BCUT2D eigenvalue weighted by molar-refractivity contribution is 5.75. The molecule has 0 aromatic carbocycles. The Kier molecular flexibility index (Phi) is 14.1. The van der Waals surface area contributed by atoms with Crippen LogP contribution in [0.4, 0.5) is 0 Å². The molecule has 1 heterocycles. The Morgan fingerprint density at radius 3 is 2.22 bits per heavy atom. The smallest absolute Gasteiger partial charge is 0.185 e. The summed E-state index contributed by atoms with van der Waals surface area (Å²) in [6, 6.07) is 3.49. The second-order valence-corrected chi connectivity index (χ2v) is 2.89. The monoisotopic (exact) mass is 250 g/mol.